The first kappa shape index (κ1) is 12.7. The monoisotopic (exact) mass is 242 g/mol. The summed E-state index contributed by atoms with van der Waals surface area (Å²) in [6.07, 6.45) is -1.11. The van der Waals surface area contributed by atoms with Crippen LogP contribution in [0.3, 0.4) is 0 Å². The fraction of sp³-hybridized carbons (Fsp3) is 0.778. The van der Waals surface area contributed by atoms with Gasteiger partial charge in [-0.15, -0.1) is 13.2 Å². The van der Waals surface area contributed by atoms with E-state index in [1.807, 2.05) is 19.9 Å². The van der Waals surface area contributed by atoms with E-state index in [-0.39, 0.29) is 12.3 Å². The van der Waals surface area contributed by atoms with Gasteiger partial charge in [0.15, 0.2) is 0 Å². The summed E-state index contributed by atoms with van der Waals surface area (Å²) in [5, 5.41) is 0. The van der Waals surface area contributed by atoms with Gasteiger partial charge in [0, 0.05) is 6.42 Å². The molecule has 0 aliphatic heterocycles. The molecule has 0 aromatic rings. The fourth-order valence-corrected chi connectivity index (χ4v) is 2.00. The molecule has 88 valence electrons. The van der Waals surface area contributed by atoms with Crippen molar-refractivity contribution >= 4 is 12.3 Å². The SMILES string of the molecule is CC1C=C(OSOC(F)(F)F)CC(C)C1. The van der Waals surface area contributed by atoms with Gasteiger partial charge in [-0.25, -0.2) is 0 Å². The van der Waals surface area contributed by atoms with Crippen LogP contribution in [0.4, 0.5) is 13.2 Å². The molecule has 0 saturated heterocycles. The lowest BCUT2D eigenvalue weighted by molar-refractivity contribution is -0.269. The zero-order valence-corrected chi connectivity index (χ0v) is 9.32. The van der Waals surface area contributed by atoms with Crippen LogP contribution >= 0.6 is 12.3 Å². The van der Waals surface area contributed by atoms with Gasteiger partial charge in [0.2, 0.25) is 12.3 Å². The average molecular weight is 242 g/mol. The third-order valence-corrected chi connectivity index (χ3v) is 2.60. The van der Waals surface area contributed by atoms with Gasteiger partial charge in [0.1, 0.15) is 5.76 Å². The van der Waals surface area contributed by atoms with Gasteiger partial charge in [-0.2, -0.15) is 4.18 Å². The van der Waals surface area contributed by atoms with E-state index in [4.69, 9.17) is 4.18 Å². The number of alkyl halides is 3. The van der Waals surface area contributed by atoms with Crippen molar-refractivity contribution in [1.29, 1.82) is 0 Å². The number of hydrogen-bond donors (Lipinski definition) is 0. The minimum absolute atomic E-state index is 0.0225. The maximum absolute atomic E-state index is 11.6. The highest BCUT2D eigenvalue weighted by Gasteiger charge is 2.31. The zero-order chi connectivity index (χ0) is 11.5. The van der Waals surface area contributed by atoms with Crippen LogP contribution in [0.25, 0.3) is 0 Å². The zero-order valence-electron chi connectivity index (χ0n) is 8.50. The number of hydrogen-bond acceptors (Lipinski definition) is 3. The standard InChI is InChI=1S/C9H13F3O2S/c1-6-3-7(2)5-8(4-6)13-15-14-9(10,11)12/h4,6-7H,3,5H2,1-2H3. The summed E-state index contributed by atoms with van der Waals surface area (Å²) in [6, 6.07) is 0. The minimum Gasteiger partial charge on any atom is -0.405 e. The Morgan fingerprint density at radius 2 is 2.07 bits per heavy atom. The van der Waals surface area contributed by atoms with Crippen molar-refractivity contribution in [3.05, 3.63) is 11.8 Å². The molecule has 1 aliphatic carbocycles. The maximum atomic E-state index is 11.6. The summed E-state index contributed by atoms with van der Waals surface area (Å²) in [4.78, 5) is 0. The van der Waals surface area contributed by atoms with Gasteiger partial charge in [0.05, 0.1) is 0 Å². The predicted octanol–water partition coefficient (Wildman–Crippen LogP) is 4.05. The summed E-state index contributed by atoms with van der Waals surface area (Å²) in [6.45, 7) is 4.05. The van der Waals surface area contributed by atoms with E-state index >= 15 is 0 Å². The van der Waals surface area contributed by atoms with Gasteiger partial charge in [-0.1, -0.05) is 13.8 Å². The molecule has 0 fully saturated rings. The fourth-order valence-electron chi connectivity index (χ4n) is 1.68. The van der Waals surface area contributed by atoms with Crippen LogP contribution in [0.2, 0.25) is 0 Å². The topological polar surface area (TPSA) is 18.5 Å². The summed E-state index contributed by atoms with van der Waals surface area (Å²) in [5.41, 5.74) is 0. The lowest BCUT2D eigenvalue weighted by Crippen LogP contribution is -2.12. The predicted molar refractivity (Wildman–Crippen MR) is 51.5 cm³/mol. The molecule has 0 amide bonds. The van der Waals surface area contributed by atoms with Gasteiger partial charge in [-0.3, -0.25) is 0 Å². The second-order valence-corrected chi connectivity index (χ2v) is 4.31. The Kier molecular flexibility index (Phi) is 4.33. The van der Waals surface area contributed by atoms with Crippen molar-refractivity contribution in [3.63, 3.8) is 0 Å². The normalized spacial score (nSPS) is 27.4. The highest BCUT2D eigenvalue weighted by atomic mass is 32.2. The van der Waals surface area contributed by atoms with Crippen molar-refractivity contribution < 1.29 is 21.5 Å². The van der Waals surface area contributed by atoms with E-state index in [2.05, 4.69) is 4.18 Å². The molecular formula is C9H13F3O2S. The van der Waals surface area contributed by atoms with Gasteiger partial charge >= 0.3 is 6.36 Å². The van der Waals surface area contributed by atoms with E-state index in [1.54, 1.807) is 0 Å². The van der Waals surface area contributed by atoms with Gasteiger partial charge in [0.25, 0.3) is 0 Å². The van der Waals surface area contributed by atoms with Crippen LogP contribution in [-0.2, 0) is 8.37 Å². The summed E-state index contributed by atoms with van der Waals surface area (Å²) in [5.74, 6) is 1.34. The lowest BCUT2D eigenvalue weighted by atomic mass is 9.88. The van der Waals surface area contributed by atoms with Gasteiger partial charge in [-0.05, 0) is 24.3 Å². The molecule has 0 saturated carbocycles. The summed E-state index contributed by atoms with van der Waals surface area (Å²) in [7, 11) is 0. The Morgan fingerprint density at radius 3 is 2.60 bits per heavy atom. The van der Waals surface area contributed by atoms with Crippen molar-refractivity contribution in [2.45, 2.75) is 33.1 Å². The molecular weight excluding hydrogens is 229 g/mol. The Labute approximate surface area is 91.2 Å². The highest BCUT2D eigenvalue weighted by molar-refractivity contribution is 7.90. The minimum atomic E-state index is -4.66. The molecule has 0 aromatic carbocycles. The Balaban J connectivity index is 2.32. The van der Waals surface area contributed by atoms with Crippen molar-refractivity contribution in [2.24, 2.45) is 11.8 Å². The Hall–Kier alpha value is -0.360. The van der Waals surface area contributed by atoms with Crippen molar-refractivity contribution in [3.8, 4) is 0 Å². The molecule has 0 spiro atoms. The van der Waals surface area contributed by atoms with Crippen molar-refractivity contribution in [2.75, 3.05) is 0 Å². The van der Waals surface area contributed by atoms with Crippen LogP contribution in [0.15, 0.2) is 11.8 Å². The number of halogens is 3. The Bertz CT molecular complexity index is 240. The first-order valence-corrected chi connectivity index (χ1v) is 5.33. The molecule has 0 N–H and O–H groups in total. The first-order chi connectivity index (χ1) is 6.87. The third kappa shape index (κ3) is 5.32. The van der Waals surface area contributed by atoms with E-state index < -0.39 is 6.36 Å². The molecule has 15 heavy (non-hydrogen) atoms. The maximum Gasteiger partial charge on any atom is 0.536 e. The first-order valence-electron chi connectivity index (χ1n) is 4.66. The smallest absolute Gasteiger partial charge is 0.405 e. The van der Waals surface area contributed by atoms with E-state index in [0.29, 0.717) is 24.0 Å². The second-order valence-electron chi connectivity index (χ2n) is 3.84. The largest absolute Gasteiger partial charge is 0.536 e. The summed E-state index contributed by atoms with van der Waals surface area (Å²) < 4.78 is 43.2. The van der Waals surface area contributed by atoms with Crippen LogP contribution in [0.5, 0.6) is 0 Å². The van der Waals surface area contributed by atoms with Crippen molar-refractivity contribution in [1.82, 2.24) is 0 Å². The molecule has 1 rings (SSSR count). The molecule has 2 unspecified atom stereocenters. The molecule has 2 nitrogen and oxygen atoms in total. The molecule has 2 atom stereocenters. The highest BCUT2D eigenvalue weighted by Crippen LogP contribution is 2.32. The molecule has 6 heteroatoms. The van der Waals surface area contributed by atoms with E-state index in [1.165, 1.54) is 0 Å². The quantitative estimate of drug-likeness (QED) is 0.695. The van der Waals surface area contributed by atoms with E-state index in [0.717, 1.165) is 6.42 Å². The summed E-state index contributed by atoms with van der Waals surface area (Å²) >= 11 is -0.0225. The molecule has 0 aromatic heterocycles. The lowest BCUT2D eigenvalue weighted by Gasteiger charge is -2.22. The Morgan fingerprint density at radius 1 is 1.40 bits per heavy atom. The average Bonchev–Trinajstić information content (AvgIpc) is 1.99. The van der Waals surface area contributed by atoms with Crippen LogP contribution in [0, 0.1) is 11.8 Å². The number of rotatable bonds is 3. The molecule has 1 aliphatic rings. The van der Waals surface area contributed by atoms with Gasteiger partial charge < -0.3 is 4.18 Å². The van der Waals surface area contributed by atoms with Crippen LogP contribution in [-0.4, -0.2) is 6.36 Å². The molecule has 0 bridgehead atoms. The third-order valence-electron chi connectivity index (χ3n) is 2.06. The van der Waals surface area contributed by atoms with Crippen LogP contribution in [0.1, 0.15) is 26.7 Å². The second kappa shape index (κ2) is 5.12. The number of allylic oxidation sites excluding steroid dienone is 2. The molecule has 0 radical (unpaired) electrons. The van der Waals surface area contributed by atoms with E-state index in [9.17, 15) is 13.2 Å². The van der Waals surface area contributed by atoms with Crippen LogP contribution < -0.4 is 0 Å². The molecule has 0 heterocycles.